The van der Waals surface area contributed by atoms with Gasteiger partial charge >= 0.3 is 0 Å². The average Bonchev–Trinajstić information content (AvgIpc) is 3.02. The van der Waals surface area contributed by atoms with Gasteiger partial charge in [0.25, 0.3) is 11.8 Å². The predicted molar refractivity (Wildman–Crippen MR) is 152 cm³/mol. The summed E-state index contributed by atoms with van der Waals surface area (Å²) in [5.41, 5.74) is 13.7. The number of halogens is 2. The molecule has 0 bridgehead atoms. The van der Waals surface area contributed by atoms with Crippen LogP contribution in [-0.4, -0.2) is 30.4 Å². The Hall–Kier alpha value is -6.04. The summed E-state index contributed by atoms with van der Waals surface area (Å²) in [6.07, 6.45) is 0. The van der Waals surface area contributed by atoms with Gasteiger partial charge in [-0.2, -0.15) is 0 Å². The highest BCUT2D eigenvalue weighted by Crippen LogP contribution is 2.31. The molecule has 0 saturated carbocycles. The summed E-state index contributed by atoms with van der Waals surface area (Å²) in [6, 6.07) is 29.9. The van der Waals surface area contributed by atoms with Gasteiger partial charge in [-0.1, -0.05) is 60.7 Å². The lowest BCUT2D eigenvalue weighted by molar-refractivity contribution is 0.453. The normalized spacial score (nSPS) is 10.3. The molecule has 6 rings (SSSR count). The minimum absolute atomic E-state index is 0.0558. The molecule has 2 heterocycles. The highest BCUT2D eigenvalue weighted by Gasteiger charge is 2.14. The van der Waals surface area contributed by atoms with Crippen molar-refractivity contribution in [1.29, 1.82) is 0 Å². The fraction of sp³-hybridized carbons (Fsp3) is 0. The van der Waals surface area contributed by atoms with E-state index in [-0.39, 0.29) is 35.3 Å². The third-order valence-corrected chi connectivity index (χ3v) is 5.50. The molecule has 0 atom stereocenters. The SMILES string of the molecule is Nc1nnc(Oc2ccc(F)cc2)c(-c2ccccc2)n1.Nc1nnc(Oc2ccc(F)cc2)c(-c2ccccc2)n1. The van der Waals surface area contributed by atoms with Gasteiger partial charge in [0.2, 0.25) is 11.9 Å². The van der Waals surface area contributed by atoms with Crippen LogP contribution in [0.1, 0.15) is 0 Å². The topological polar surface area (TPSA) is 148 Å². The molecule has 0 amide bonds. The van der Waals surface area contributed by atoms with Gasteiger partial charge in [0.15, 0.2) is 0 Å². The Bertz CT molecular complexity index is 1630. The van der Waals surface area contributed by atoms with E-state index >= 15 is 0 Å². The van der Waals surface area contributed by atoms with Gasteiger partial charge in [0, 0.05) is 11.1 Å². The molecule has 2 aromatic heterocycles. The lowest BCUT2D eigenvalue weighted by Gasteiger charge is -2.09. The van der Waals surface area contributed by atoms with Crippen molar-refractivity contribution < 1.29 is 18.3 Å². The summed E-state index contributed by atoms with van der Waals surface area (Å²) >= 11 is 0. The fourth-order valence-electron chi connectivity index (χ4n) is 3.59. The Morgan fingerprint density at radius 2 is 0.810 bits per heavy atom. The third kappa shape index (κ3) is 7.12. The average molecular weight is 565 g/mol. The third-order valence-electron chi connectivity index (χ3n) is 5.50. The number of rotatable bonds is 6. The van der Waals surface area contributed by atoms with E-state index in [9.17, 15) is 8.78 Å². The van der Waals surface area contributed by atoms with Gasteiger partial charge < -0.3 is 20.9 Å². The molecule has 0 aliphatic rings. The zero-order chi connectivity index (χ0) is 29.3. The van der Waals surface area contributed by atoms with E-state index in [4.69, 9.17) is 20.9 Å². The lowest BCUT2D eigenvalue weighted by atomic mass is 10.1. The van der Waals surface area contributed by atoms with E-state index < -0.39 is 0 Å². The first kappa shape index (κ1) is 27.5. The van der Waals surface area contributed by atoms with Gasteiger partial charge in [-0.3, -0.25) is 0 Å². The molecule has 0 unspecified atom stereocenters. The maximum absolute atomic E-state index is 12.9. The van der Waals surface area contributed by atoms with Crippen LogP contribution in [0.2, 0.25) is 0 Å². The van der Waals surface area contributed by atoms with Crippen LogP contribution in [0.4, 0.5) is 20.7 Å². The molecular formula is C30H22F2N8O2. The second kappa shape index (κ2) is 12.9. The number of nitrogen functional groups attached to an aromatic ring is 2. The highest BCUT2D eigenvalue weighted by molar-refractivity contribution is 5.66. The Kier molecular flexibility index (Phi) is 8.44. The lowest BCUT2D eigenvalue weighted by Crippen LogP contribution is -2.02. The Morgan fingerprint density at radius 1 is 0.452 bits per heavy atom. The molecule has 0 aliphatic heterocycles. The van der Waals surface area contributed by atoms with Gasteiger partial charge in [0.1, 0.15) is 34.5 Å². The van der Waals surface area contributed by atoms with Gasteiger partial charge in [-0.25, -0.2) is 18.7 Å². The molecule has 0 spiro atoms. The molecule has 12 heteroatoms. The van der Waals surface area contributed by atoms with Crippen LogP contribution in [0.3, 0.4) is 0 Å². The van der Waals surface area contributed by atoms with Gasteiger partial charge in [-0.15, -0.1) is 20.4 Å². The summed E-state index contributed by atoms with van der Waals surface area (Å²) in [4.78, 5) is 8.32. The van der Waals surface area contributed by atoms with E-state index in [0.29, 0.717) is 22.9 Å². The number of aromatic nitrogens is 6. The number of hydrogen-bond acceptors (Lipinski definition) is 10. The molecule has 42 heavy (non-hydrogen) atoms. The molecule has 0 saturated heterocycles. The summed E-state index contributed by atoms with van der Waals surface area (Å²) in [7, 11) is 0. The van der Waals surface area contributed by atoms with Gasteiger partial charge in [-0.05, 0) is 48.5 Å². The molecule has 10 nitrogen and oxygen atoms in total. The molecule has 0 aliphatic carbocycles. The van der Waals surface area contributed by atoms with Crippen molar-refractivity contribution >= 4 is 11.9 Å². The first-order valence-electron chi connectivity index (χ1n) is 12.4. The van der Waals surface area contributed by atoms with E-state index in [1.54, 1.807) is 0 Å². The molecule has 4 aromatic carbocycles. The van der Waals surface area contributed by atoms with Crippen molar-refractivity contribution in [1.82, 2.24) is 30.4 Å². The highest BCUT2D eigenvalue weighted by atomic mass is 19.1. The molecule has 6 aromatic rings. The quantitative estimate of drug-likeness (QED) is 0.243. The Balaban J connectivity index is 0.000000168. The number of anilines is 2. The first-order chi connectivity index (χ1) is 20.4. The van der Waals surface area contributed by atoms with E-state index in [1.807, 2.05) is 60.7 Å². The zero-order valence-corrected chi connectivity index (χ0v) is 21.8. The molecule has 0 radical (unpaired) electrons. The fourth-order valence-corrected chi connectivity index (χ4v) is 3.59. The maximum Gasteiger partial charge on any atom is 0.265 e. The van der Waals surface area contributed by atoms with Crippen LogP contribution in [-0.2, 0) is 0 Å². The summed E-state index contributed by atoms with van der Waals surface area (Å²) in [6.45, 7) is 0. The molecule has 208 valence electrons. The van der Waals surface area contributed by atoms with Gasteiger partial charge in [0.05, 0.1) is 0 Å². The molecule has 0 fully saturated rings. The summed E-state index contributed by atoms with van der Waals surface area (Å²) in [5, 5.41) is 15.2. The van der Waals surface area contributed by atoms with Crippen molar-refractivity contribution in [2.75, 3.05) is 11.5 Å². The second-order valence-corrected chi connectivity index (χ2v) is 8.49. The smallest absolute Gasteiger partial charge is 0.265 e. The maximum atomic E-state index is 12.9. The summed E-state index contributed by atoms with van der Waals surface area (Å²) < 4.78 is 37.1. The Morgan fingerprint density at radius 3 is 1.17 bits per heavy atom. The van der Waals surface area contributed by atoms with Crippen molar-refractivity contribution in [3.8, 4) is 45.8 Å². The largest absolute Gasteiger partial charge is 0.436 e. The van der Waals surface area contributed by atoms with Crippen LogP contribution in [0.5, 0.6) is 23.3 Å². The van der Waals surface area contributed by atoms with Crippen LogP contribution in [0.25, 0.3) is 22.5 Å². The van der Waals surface area contributed by atoms with E-state index in [2.05, 4.69) is 30.4 Å². The van der Waals surface area contributed by atoms with Crippen LogP contribution in [0, 0.1) is 11.6 Å². The van der Waals surface area contributed by atoms with Crippen LogP contribution in [0.15, 0.2) is 109 Å². The van der Waals surface area contributed by atoms with Crippen molar-refractivity contribution in [3.05, 3.63) is 121 Å². The van der Waals surface area contributed by atoms with Crippen molar-refractivity contribution in [3.63, 3.8) is 0 Å². The minimum atomic E-state index is -0.341. The van der Waals surface area contributed by atoms with Crippen LogP contribution >= 0.6 is 0 Å². The Labute approximate surface area is 238 Å². The summed E-state index contributed by atoms with van der Waals surface area (Å²) in [5.74, 6) is 0.729. The number of hydrogen-bond donors (Lipinski definition) is 2. The standard InChI is InChI=1S/2C15H11FN4O/c2*16-11-6-8-12(9-7-11)21-14-13(18-15(17)20-19-14)10-4-2-1-3-5-10/h2*1-9H,(H2,17,18,20). The van der Waals surface area contributed by atoms with E-state index in [1.165, 1.54) is 48.5 Å². The van der Waals surface area contributed by atoms with Crippen molar-refractivity contribution in [2.45, 2.75) is 0 Å². The molecular weight excluding hydrogens is 542 g/mol. The predicted octanol–water partition coefficient (Wildman–Crippen LogP) is 6.10. The number of benzene rings is 4. The van der Waals surface area contributed by atoms with Crippen molar-refractivity contribution in [2.24, 2.45) is 0 Å². The molecule has 4 N–H and O–H groups in total. The second-order valence-electron chi connectivity index (χ2n) is 8.49. The first-order valence-corrected chi connectivity index (χ1v) is 12.4. The monoisotopic (exact) mass is 564 g/mol. The number of nitrogens with zero attached hydrogens (tertiary/aromatic N) is 6. The zero-order valence-electron chi connectivity index (χ0n) is 21.8. The minimum Gasteiger partial charge on any atom is -0.436 e. The number of nitrogens with two attached hydrogens (primary N) is 2. The van der Waals surface area contributed by atoms with Crippen LogP contribution < -0.4 is 20.9 Å². The number of ether oxygens (including phenoxy) is 2. The van der Waals surface area contributed by atoms with E-state index in [0.717, 1.165) is 11.1 Å².